The number of carboxylic acids is 1. The quantitative estimate of drug-likeness (QED) is 0.254. The third kappa shape index (κ3) is 6.35. The molecule has 0 aliphatic heterocycles. The zero-order valence-corrected chi connectivity index (χ0v) is 25.8. The van der Waals surface area contributed by atoms with E-state index >= 15 is 0 Å². The van der Waals surface area contributed by atoms with Crippen LogP contribution in [0.3, 0.4) is 0 Å². The summed E-state index contributed by atoms with van der Waals surface area (Å²) in [6.07, 6.45) is 6.32. The minimum absolute atomic E-state index is 0.0168. The monoisotopic (exact) mass is 550 g/mol. The van der Waals surface area contributed by atoms with Crippen LogP contribution in [0.5, 0.6) is 0 Å². The van der Waals surface area contributed by atoms with Crippen molar-refractivity contribution in [3.8, 4) is 0 Å². The second-order valence-corrected chi connectivity index (χ2v) is 19.4. The summed E-state index contributed by atoms with van der Waals surface area (Å²) < 4.78 is 34.0. The fourth-order valence-electron chi connectivity index (χ4n) is 7.83. The summed E-state index contributed by atoms with van der Waals surface area (Å²) in [6, 6.07) is 12.1. The van der Waals surface area contributed by atoms with Gasteiger partial charge >= 0.3 is 5.97 Å². The molecule has 0 amide bonds. The molecule has 3 rings (SSSR count). The van der Waals surface area contributed by atoms with Crippen molar-refractivity contribution in [2.45, 2.75) is 127 Å². The standard InChI is InChI=1S/C30H50O5SSi/c1-7-37(8-2,9-3)35-29(4,5)21-13-17-24(28(31)32)25-19-20-26-27(18-14-22-30(25,26)6)36(33,34)23-15-11-10-12-16-23/h10-12,15-16,24-27H,7-9,13-14,17-22H2,1-6H3,(H,31,32)/t24-,25-,26+,27-,30-/m0/s1. The van der Waals surface area contributed by atoms with Gasteiger partial charge in [0.15, 0.2) is 18.2 Å². The second-order valence-electron chi connectivity index (χ2n) is 12.5. The maximum absolute atomic E-state index is 13.6. The summed E-state index contributed by atoms with van der Waals surface area (Å²) in [5, 5.41) is 9.91. The first-order valence-corrected chi connectivity index (χ1v) is 18.7. The van der Waals surface area contributed by atoms with Gasteiger partial charge in [0.1, 0.15) is 0 Å². The third-order valence-electron chi connectivity index (χ3n) is 10.1. The van der Waals surface area contributed by atoms with Crippen LogP contribution in [-0.2, 0) is 19.1 Å². The molecule has 7 heteroatoms. The van der Waals surface area contributed by atoms with Crippen molar-refractivity contribution in [1.29, 1.82) is 0 Å². The van der Waals surface area contributed by atoms with Crippen molar-refractivity contribution in [2.24, 2.45) is 23.2 Å². The van der Waals surface area contributed by atoms with Crippen LogP contribution in [0, 0.1) is 23.2 Å². The number of hydrogen-bond acceptors (Lipinski definition) is 4. The molecule has 1 N–H and O–H groups in total. The van der Waals surface area contributed by atoms with Crippen LogP contribution in [0.25, 0.3) is 0 Å². The van der Waals surface area contributed by atoms with Crippen molar-refractivity contribution >= 4 is 24.1 Å². The molecule has 1 aromatic carbocycles. The molecule has 37 heavy (non-hydrogen) atoms. The first-order valence-electron chi connectivity index (χ1n) is 14.6. The van der Waals surface area contributed by atoms with Gasteiger partial charge in [-0.3, -0.25) is 4.79 Å². The molecule has 0 aromatic heterocycles. The Labute approximate surface area is 226 Å². The van der Waals surface area contributed by atoms with Crippen LogP contribution < -0.4 is 0 Å². The topological polar surface area (TPSA) is 80.7 Å². The predicted octanol–water partition coefficient (Wildman–Crippen LogP) is 7.72. The molecule has 2 aliphatic carbocycles. The van der Waals surface area contributed by atoms with E-state index in [0.29, 0.717) is 17.7 Å². The van der Waals surface area contributed by atoms with E-state index in [1.165, 1.54) is 0 Å². The fraction of sp³-hybridized carbons (Fsp3) is 0.767. The van der Waals surface area contributed by atoms with Crippen molar-refractivity contribution in [3.63, 3.8) is 0 Å². The Morgan fingerprint density at radius 1 is 1.11 bits per heavy atom. The molecule has 2 fully saturated rings. The highest BCUT2D eigenvalue weighted by atomic mass is 32.2. The van der Waals surface area contributed by atoms with Gasteiger partial charge in [-0.05, 0) is 106 Å². The van der Waals surface area contributed by atoms with Crippen molar-refractivity contribution in [2.75, 3.05) is 0 Å². The molecule has 2 saturated carbocycles. The maximum Gasteiger partial charge on any atom is 0.306 e. The smallest absolute Gasteiger partial charge is 0.306 e. The van der Waals surface area contributed by atoms with Crippen LogP contribution in [0.2, 0.25) is 18.1 Å². The molecule has 0 saturated heterocycles. The summed E-state index contributed by atoms with van der Waals surface area (Å²) in [6.45, 7) is 13.2. The summed E-state index contributed by atoms with van der Waals surface area (Å²) in [4.78, 5) is 13.0. The first kappa shape index (κ1) is 30.4. The average Bonchev–Trinajstić information content (AvgIpc) is 3.22. The maximum atomic E-state index is 13.6. The lowest BCUT2D eigenvalue weighted by Gasteiger charge is -2.46. The lowest BCUT2D eigenvalue weighted by atomic mass is 9.61. The zero-order valence-electron chi connectivity index (χ0n) is 24.0. The number of hydrogen-bond donors (Lipinski definition) is 1. The van der Waals surface area contributed by atoms with E-state index in [0.717, 1.165) is 56.7 Å². The Balaban J connectivity index is 1.74. The van der Waals surface area contributed by atoms with Crippen molar-refractivity contribution < 1.29 is 22.7 Å². The third-order valence-corrected chi connectivity index (χ3v) is 17.3. The lowest BCUT2D eigenvalue weighted by Crippen LogP contribution is -2.46. The SMILES string of the molecule is CC[Si](CC)(CC)OC(C)(C)CCC[C@H](C(=O)O)[C@@H]1CC[C@@H]2[C@@H](S(=O)(=O)c3ccccc3)CCC[C@]21C. The fourth-order valence-corrected chi connectivity index (χ4v) is 13.3. The van der Waals surface area contributed by atoms with Crippen LogP contribution in [0.4, 0.5) is 0 Å². The Bertz CT molecular complexity index is 996. The van der Waals surface area contributed by atoms with E-state index in [1.807, 2.05) is 6.07 Å². The van der Waals surface area contributed by atoms with Gasteiger partial charge in [-0.2, -0.15) is 0 Å². The van der Waals surface area contributed by atoms with E-state index in [2.05, 4.69) is 41.5 Å². The molecule has 0 bridgehead atoms. The normalized spacial score (nSPS) is 27.6. The molecule has 5 atom stereocenters. The number of sulfone groups is 1. The second kappa shape index (κ2) is 11.9. The molecule has 210 valence electrons. The molecule has 0 unspecified atom stereocenters. The van der Waals surface area contributed by atoms with Gasteiger partial charge in [-0.1, -0.05) is 52.3 Å². The minimum Gasteiger partial charge on any atom is -0.481 e. The van der Waals surface area contributed by atoms with Crippen LogP contribution >= 0.6 is 0 Å². The number of benzene rings is 1. The summed E-state index contributed by atoms with van der Waals surface area (Å²) in [7, 11) is -5.18. The van der Waals surface area contributed by atoms with Gasteiger partial charge in [-0.25, -0.2) is 8.42 Å². The van der Waals surface area contributed by atoms with E-state index in [9.17, 15) is 18.3 Å². The minimum atomic E-state index is -3.45. The van der Waals surface area contributed by atoms with Gasteiger partial charge in [0.2, 0.25) is 0 Å². The van der Waals surface area contributed by atoms with E-state index < -0.39 is 35.3 Å². The summed E-state index contributed by atoms with van der Waals surface area (Å²) in [5.74, 6) is -1.13. The number of fused-ring (bicyclic) bond motifs is 1. The molecule has 2 aliphatic rings. The Hall–Kier alpha value is -1.18. The van der Waals surface area contributed by atoms with E-state index in [-0.39, 0.29) is 22.9 Å². The van der Waals surface area contributed by atoms with E-state index in [4.69, 9.17) is 4.43 Å². The molecule has 1 aromatic rings. The van der Waals surface area contributed by atoms with Gasteiger partial charge in [0, 0.05) is 0 Å². The number of carboxylic acid groups (broad SMARTS) is 1. The molecular weight excluding hydrogens is 500 g/mol. The highest BCUT2D eigenvalue weighted by Gasteiger charge is 2.57. The Morgan fingerprint density at radius 3 is 2.30 bits per heavy atom. The predicted molar refractivity (Wildman–Crippen MR) is 153 cm³/mol. The average molecular weight is 551 g/mol. The molecule has 5 nitrogen and oxygen atoms in total. The summed E-state index contributed by atoms with van der Waals surface area (Å²) >= 11 is 0. The van der Waals surface area contributed by atoms with Gasteiger partial charge in [0.05, 0.1) is 21.7 Å². The molecule has 0 spiro atoms. The number of aliphatic carboxylic acids is 1. The highest BCUT2D eigenvalue weighted by Crippen LogP contribution is 2.60. The first-order chi connectivity index (χ1) is 17.4. The molecule has 0 heterocycles. The number of rotatable bonds is 13. The highest BCUT2D eigenvalue weighted by molar-refractivity contribution is 7.92. The van der Waals surface area contributed by atoms with E-state index in [1.54, 1.807) is 24.3 Å². The summed E-state index contributed by atoms with van der Waals surface area (Å²) in [5.41, 5.74) is -0.506. The van der Waals surface area contributed by atoms with Gasteiger partial charge < -0.3 is 9.53 Å². The zero-order chi connectivity index (χ0) is 27.5. The van der Waals surface area contributed by atoms with Crippen molar-refractivity contribution in [3.05, 3.63) is 30.3 Å². The molecule has 0 radical (unpaired) electrons. The Kier molecular flexibility index (Phi) is 9.77. The van der Waals surface area contributed by atoms with Crippen molar-refractivity contribution in [1.82, 2.24) is 0 Å². The van der Waals surface area contributed by atoms with Crippen LogP contribution in [-0.4, -0.2) is 38.7 Å². The Morgan fingerprint density at radius 2 is 1.73 bits per heavy atom. The largest absolute Gasteiger partial charge is 0.481 e. The molecular formula is C30H50O5SSi. The lowest BCUT2D eigenvalue weighted by molar-refractivity contribution is -0.146. The van der Waals surface area contributed by atoms with Crippen LogP contribution in [0.15, 0.2) is 35.2 Å². The van der Waals surface area contributed by atoms with Gasteiger partial charge in [0.25, 0.3) is 0 Å². The van der Waals surface area contributed by atoms with Crippen LogP contribution in [0.1, 0.15) is 92.9 Å². The van der Waals surface area contributed by atoms with Gasteiger partial charge in [-0.15, -0.1) is 0 Å². The number of carbonyl (C=O) groups is 1.